The van der Waals surface area contributed by atoms with Crippen molar-refractivity contribution in [2.75, 3.05) is 12.3 Å². The number of sulfonamides is 1. The molecule has 20 heavy (non-hydrogen) atoms. The molecule has 7 heteroatoms. The molecule has 0 saturated heterocycles. The molecule has 0 atom stereocenters. The standard InChI is InChI=1S/C13H18N2O4S/c16-12(17)13(6-3-7-13)10-15-20(18,19)9-5-11-4-1-2-8-14-11/h1-2,4,8,15H,3,5-7,9-10H2,(H,16,17). The highest BCUT2D eigenvalue weighted by Crippen LogP contribution is 2.40. The van der Waals surface area contributed by atoms with E-state index < -0.39 is 21.4 Å². The van der Waals surface area contributed by atoms with Gasteiger partial charge in [-0.25, -0.2) is 13.1 Å². The number of nitrogens with zero attached hydrogens (tertiary/aromatic N) is 1. The number of carboxylic acid groups (broad SMARTS) is 1. The van der Waals surface area contributed by atoms with Gasteiger partial charge in [-0.3, -0.25) is 9.78 Å². The van der Waals surface area contributed by atoms with Crippen molar-refractivity contribution in [2.45, 2.75) is 25.7 Å². The minimum Gasteiger partial charge on any atom is -0.481 e. The summed E-state index contributed by atoms with van der Waals surface area (Å²) in [6, 6.07) is 5.33. The Morgan fingerprint density at radius 3 is 2.65 bits per heavy atom. The Kier molecular flexibility index (Phi) is 4.39. The fourth-order valence-electron chi connectivity index (χ4n) is 2.18. The van der Waals surface area contributed by atoms with Gasteiger partial charge in [0.25, 0.3) is 0 Å². The van der Waals surface area contributed by atoms with E-state index in [0.717, 1.165) is 6.42 Å². The maximum Gasteiger partial charge on any atom is 0.310 e. The SMILES string of the molecule is O=C(O)C1(CNS(=O)(=O)CCc2ccccn2)CCC1. The van der Waals surface area contributed by atoms with Gasteiger partial charge in [0.15, 0.2) is 0 Å². The molecule has 2 rings (SSSR count). The summed E-state index contributed by atoms with van der Waals surface area (Å²) in [5.74, 6) is -1.00. The molecular weight excluding hydrogens is 280 g/mol. The van der Waals surface area contributed by atoms with Crippen LogP contribution < -0.4 is 4.72 Å². The van der Waals surface area contributed by atoms with Crippen molar-refractivity contribution in [3.05, 3.63) is 30.1 Å². The summed E-state index contributed by atoms with van der Waals surface area (Å²) in [5.41, 5.74) is -0.201. The lowest BCUT2D eigenvalue weighted by Crippen LogP contribution is -2.48. The molecule has 0 aliphatic heterocycles. The smallest absolute Gasteiger partial charge is 0.310 e. The number of hydrogen-bond acceptors (Lipinski definition) is 4. The fourth-order valence-corrected chi connectivity index (χ4v) is 3.29. The van der Waals surface area contributed by atoms with Crippen LogP contribution in [0.2, 0.25) is 0 Å². The Hall–Kier alpha value is -1.47. The molecule has 0 spiro atoms. The normalized spacial score (nSPS) is 17.4. The molecule has 1 saturated carbocycles. The highest BCUT2D eigenvalue weighted by Gasteiger charge is 2.44. The Morgan fingerprint density at radius 2 is 2.15 bits per heavy atom. The number of aromatic nitrogens is 1. The number of carboxylic acids is 1. The molecule has 1 aromatic rings. The highest BCUT2D eigenvalue weighted by atomic mass is 32.2. The zero-order chi connectivity index (χ0) is 14.6. The Morgan fingerprint density at radius 1 is 1.40 bits per heavy atom. The lowest BCUT2D eigenvalue weighted by atomic mass is 9.69. The second-order valence-electron chi connectivity index (χ2n) is 5.15. The monoisotopic (exact) mass is 298 g/mol. The summed E-state index contributed by atoms with van der Waals surface area (Å²) in [5, 5.41) is 9.14. The number of nitrogens with one attached hydrogen (secondary N) is 1. The summed E-state index contributed by atoms with van der Waals surface area (Å²) in [4.78, 5) is 15.2. The summed E-state index contributed by atoms with van der Waals surface area (Å²) in [6.07, 6.45) is 3.83. The van der Waals surface area contributed by atoms with Gasteiger partial charge in [0.1, 0.15) is 0 Å². The van der Waals surface area contributed by atoms with E-state index in [1.807, 2.05) is 0 Å². The predicted octanol–water partition coefficient (Wildman–Crippen LogP) is 0.798. The summed E-state index contributed by atoms with van der Waals surface area (Å²) >= 11 is 0. The molecule has 0 aromatic carbocycles. The lowest BCUT2D eigenvalue weighted by molar-refractivity contribution is -0.153. The van der Waals surface area contributed by atoms with Gasteiger partial charge in [-0.1, -0.05) is 12.5 Å². The zero-order valence-electron chi connectivity index (χ0n) is 11.1. The first-order valence-corrected chi connectivity index (χ1v) is 8.19. The number of pyridine rings is 1. The molecule has 1 fully saturated rings. The molecule has 0 bridgehead atoms. The molecule has 1 aromatic heterocycles. The molecule has 0 amide bonds. The molecule has 1 aliphatic rings. The average Bonchev–Trinajstić information content (AvgIpc) is 2.36. The van der Waals surface area contributed by atoms with Crippen LogP contribution in [0.1, 0.15) is 25.0 Å². The Labute approximate surface area is 118 Å². The van der Waals surface area contributed by atoms with E-state index in [2.05, 4.69) is 9.71 Å². The molecule has 0 unspecified atom stereocenters. The van der Waals surface area contributed by atoms with E-state index in [4.69, 9.17) is 5.11 Å². The molecular formula is C13H18N2O4S. The van der Waals surface area contributed by atoms with E-state index in [0.29, 0.717) is 25.0 Å². The zero-order valence-corrected chi connectivity index (χ0v) is 11.9. The van der Waals surface area contributed by atoms with Crippen LogP contribution in [0.15, 0.2) is 24.4 Å². The van der Waals surface area contributed by atoms with Crippen molar-refractivity contribution >= 4 is 16.0 Å². The van der Waals surface area contributed by atoms with Crippen LogP contribution >= 0.6 is 0 Å². The van der Waals surface area contributed by atoms with Crippen LogP contribution in [0.3, 0.4) is 0 Å². The second-order valence-corrected chi connectivity index (χ2v) is 7.08. The second kappa shape index (κ2) is 5.88. The third-order valence-corrected chi connectivity index (χ3v) is 5.07. The number of aliphatic carboxylic acids is 1. The van der Waals surface area contributed by atoms with Gasteiger partial charge in [-0.2, -0.15) is 0 Å². The first-order valence-electron chi connectivity index (χ1n) is 6.54. The molecule has 1 aliphatic carbocycles. The largest absolute Gasteiger partial charge is 0.481 e. The molecule has 1 heterocycles. The van der Waals surface area contributed by atoms with E-state index in [1.54, 1.807) is 24.4 Å². The minimum atomic E-state index is -3.48. The summed E-state index contributed by atoms with van der Waals surface area (Å²) in [7, 11) is -3.48. The van der Waals surface area contributed by atoms with Gasteiger partial charge in [0.05, 0.1) is 11.2 Å². The fraction of sp³-hybridized carbons (Fsp3) is 0.538. The quantitative estimate of drug-likeness (QED) is 0.776. The van der Waals surface area contributed by atoms with Crippen molar-refractivity contribution in [1.82, 2.24) is 9.71 Å². The maximum atomic E-state index is 11.9. The first-order chi connectivity index (χ1) is 9.44. The van der Waals surface area contributed by atoms with Crippen molar-refractivity contribution in [2.24, 2.45) is 5.41 Å². The van der Waals surface area contributed by atoms with Gasteiger partial charge in [-0.05, 0) is 25.0 Å². The van der Waals surface area contributed by atoms with E-state index in [9.17, 15) is 13.2 Å². The Balaban J connectivity index is 1.87. The van der Waals surface area contributed by atoms with Crippen LogP contribution in [0, 0.1) is 5.41 Å². The highest BCUT2D eigenvalue weighted by molar-refractivity contribution is 7.89. The van der Waals surface area contributed by atoms with Crippen molar-refractivity contribution in [1.29, 1.82) is 0 Å². The van der Waals surface area contributed by atoms with E-state index in [-0.39, 0.29) is 12.3 Å². The summed E-state index contributed by atoms with van der Waals surface area (Å²) in [6.45, 7) is -0.0209. The molecule has 110 valence electrons. The lowest BCUT2D eigenvalue weighted by Gasteiger charge is -2.37. The summed E-state index contributed by atoms with van der Waals surface area (Å²) < 4.78 is 26.2. The van der Waals surface area contributed by atoms with Crippen molar-refractivity contribution in [3.63, 3.8) is 0 Å². The van der Waals surface area contributed by atoms with E-state index >= 15 is 0 Å². The third-order valence-electron chi connectivity index (χ3n) is 3.75. The Bertz CT molecular complexity index is 567. The van der Waals surface area contributed by atoms with Crippen LogP contribution in [0.4, 0.5) is 0 Å². The van der Waals surface area contributed by atoms with Gasteiger partial charge in [-0.15, -0.1) is 0 Å². The molecule has 6 nitrogen and oxygen atoms in total. The van der Waals surface area contributed by atoms with Crippen LogP contribution in [0.5, 0.6) is 0 Å². The predicted molar refractivity (Wildman–Crippen MR) is 73.7 cm³/mol. The van der Waals surface area contributed by atoms with Gasteiger partial charge in [0.2, 0.25) is 10.0 Å². The van der Waals surface area contributed by atoms with Crippen molar-refractivity contribution < 1.29 is 18.3 Å². The average molecular weight is 298 g/mol. The number of hydrogen-bond donors (Lipinski definition) is 2. The van der Waals surface area contributed by atoms with Crippen LogP contribution in [-0.2, 0) is 21.2 Å². The third kappa shape index (κ3) is 3.55. The van der Waals surface area contributed by atoms with Gasteiger partial charge >= 0.3 is 5.97 Å². The number of aryl methyl sites for hydroxylation is 1. The number of carbonyl (C=O) groups is 1. The topological polar surface area (TPSA) is 96.4 Å². The van der Waals surface area contributed by atoms with Crippen LogP contribution in [0.25, 0.3) is 0 Å². The minimum absolute atomic E-state index is 0.0209. The number of rotatable bonds is 7. The van der Waals surface area contributed by atoms with Crippen molar-refractivity contribution in [3.8, 4) is 0 Å². The van der Waals surface area contributed by atoms with E-state index in [1.165, 1.54) is 0 Å². The van der Waals surface area contributed by atoms with Crippen LogP contribution in [-0.4, -0.2) is 36.8 Å². The first kappa shape index (κ1) is 14.9. The van der Waals surface area contributed by atoms with Gasteiger partial charge < -0.3 is 5.11 Å². The maximum absolute atomic E-state index is 11.9. The molecule has 0 radical (unpaired) electrons. The molecule has 2 N–H and O–H groups in total. The van der Waals surface area contributed by atoms with Gasteiger partial charge in [0, 0.05) is 24.9 Å².